The van der Waals surface area contributed by atoms with Crippen LogP contribution >= 0.6 is 0 Å². The first-order valence-electron chi connectivity index (χ1n) is 9.75. The zero-order valence-corrected chi connectivity index (χ0v) is 16.6. The molecule has 27 heavy (non-hydrogen) atoms. The fraction of sp³-hybridized carbons (Fsp3) is 0.619. The highest BCUT2D eigenvalue weighted by atomic mass is 16.5. The normalized spacial score (nSPS) is 15.7. The van der Waals surface area contributed by atoms with Gasteiger partial charge in [0.05, 0.1) is 14.2 Å². The van der Waals surface area contributed by atoms with Gasteiger partial charge in [-0.2, -0.15) is 0 Å². The molecule has 0 fully saturated rings. The molecule has 1 amide bonds. The lowest BCUT2D eigenvalue weighted by Gasteiger charge is -2.36. The van der Waals surface area contributed by atoms with E-state index in [0.717, 1.165) is 43.7 Å². The van der Waals surface area contributed by atoms with Crippen LogP contribution in [0.2, 0.25) is 0 Å². The van der Waals surface area contributed by atoms with E-state index in [1.165, 1.54) is 11.1 Å². The molecule has 0 heterocycles. The molecule has 2 rings (SSSR count). The van der Waals surface area contributed by atoms with E-state index in [1.54, 1.807) is 14.2 Å². The lowest BCUT2D eigenvalue weighted by molar-refractivity contribution is -0.138. The SMILES string of the molecule is CCCN(C(=O)CCCCC(=O)O)C1CCc2c(ccc(OC)c2OC)C1. The number of ether oxygens (including phenoxy) is 2. The van der Waals surface area contributed by atoms with Crippen molar-refractivity contribution in [2.75, 3.05) is 20.8 Å². The van der Waals surface area contributed by atoms with Crippen LogP contribution < -0.4 is 9.47 Å². The topological polar surface area (TPSA) is 76.1 Å². The van der Waals surface area contributed by atoms with Crippen LogP contribution in [0.5, 0.6) is 11.5 Å². The Morgan fingerprint density at radius 1 is 1.19 bits per heavy atom. The minimum absolute atomic E-state index is 0.124. The number of carboxylic acid groups (broad SMARTS) is 1. The average molecular weight is 377 g/mol. The molecule has 6 nitrogen and oxygen atoms in total. The molecule has 0 aliphatic heterocycles. The molecule has 1 atom stereocenters. The van der Waals surface area contributed by atoms with Gasteiger partial charge in [0, 0.05) is 31.0 Å². The second-order valence-electron chi connectivity index (χ2n) is 7.02. The molecule has 150 valence electrons. The van der Waals surface area contributed by atoms with Crippen LogP contribution in [0.1, 0.15) is 56.6 Å². The van der Waals surface area contributed by atoms with Gasteiger partial charge in [0.15, 0.2) is 11.5 Å². The summed E-state index contributed by atoms with van der Waals surface area (Å²) in [5.74, 6) is 0.877. The van der Waals surface area contributed by atoms with Crippen molar-refractivity contribution < 1.29 is 24.2 Å². The molecule has 1 unspecified atom stereocenters. The summed E-state index contributed by atoms with van der Waals surface area (Å²) in [6, 6.07) is 4.19. The number of carbonyl (C=O) groups excluding carboxylic acids is 1. The molecule has 0 saturated heterocycles. The summed E-state index contributed by atoms with van der Waals surface area (Å²) in [6.45, 7) is 2.82. The number of rotatable bonds is 10. The summed E-state index contributed by atoms with van der Waals surface area (Å²) < 4.78 is 11.0. The monoisotopic (exact) mass is 377 g/mol. The maximum atomic E-state index is 12.7. The number of methoxy groups -OCH3 is 2. The number of benzene rings is 1. The first-order valence-corrected chi connectivity index (χ1v) is 9.75. The number of fused-ring (bicyclic) bond motifs is 1. The van der Waals surface area contributed by atoms with Crippen LogP contribution in [-0.2, 0) is 22.4 Å². The Kier molecular flexibility index (Phi) is 7.95. The zero-order valence-electron chi connectivity index (χ0n) is 16.6. The van der Waals surface area contributed by atoms with Gasteiger partial charge in [0.2, 0.25) is 5.91 Å². The Balaban J connectivity index is 2.07. The van der Waals surface area contributed by atoms with E-state index < -0.39 is 5.97 Å². The van der Waals surface area contributed by atoms with E-state index in [1.807, 2.05) is 11.0 Å². The van der Waals surface area contributed by atoms with Crippen molar-refractivity contribution in [2.24, 2.45) is 0 Å². The minimum atomic E-state index is -0.805. The summed E-state index contributed by atoms with van der Waals surface area (Å²) in [7, 11) is 3.30. The third-order valence-corrected chi connectivity index (χ3v) is 5.19. The van der Waals surface area contributed by atoms with Crippen LogP contribution in [0, 0.1) is 0 Å². The van der Waals surface area contributed by atoms with Crippen molar-refractivity contribution in [1.82, 2.24) is 4.90 Å². The van der Waals surface area contributed by atoms with Crippen molar-refractivity contribution >= 4 is 11.9 Å². The lowest BCUT2D eigenvalue weighted by Crippen LogP contribution is -2.43. The van der Waals surface area contributed by atoms with Crippen LogP contribution in [-0.4, -0.2) is 48.7 Å². The Bertz CT molecular complexity index is 658. The molecular weight excluding hydrogens is 346 g/mol. The first kappa shape index (κ1) is 21.1. The Labute approximate surface area is 161 Å². The highest BCUT2D eigenvalue weighted by Crippen LogP contribution is 2.38. The number of hydrogen-bond acceptors (Lipinski definition) is 4. The molecule has 1 aliphatic rings. The molecule has 1 N–H and O–H groups in total. The van der Waals surface area contributed by atoms with Gasteiger partial charge in [0.1, 0.15) is 0 Å². The smallest absolute Gasteiger partial charge is 0.303 e. The second-order valence-corrected chi connectivity index (χ2v) is 7.02. The van der Waals surface area contributed by atoms with E-state index in [0.29, 0.717) is 19.3 Å². The predicted molar refractivity (Wildman–Crippen MR) is 103 cm³/mol. The maximum absolute atomic E-state index is 12.7. The minimum Gasteiger partial charge on any atom is -0.493 e. The van der Waals surface area contributed by atoms with Gasteiger partial charge in [-0.05, 0) is 50.2 Å². The molecule has 0 saturated carbocycles. The van der Waals surface area contributed by atoms with E-state index in [-0.39, 0.29) is 18.4 Å². The fourth-order valence-electron chi connectivity index (χ4n) is 3.88. The Morgan fingerprint density at radius 2 is 1.93 bits per heavy atom. The quantitative estimate of drug-likeness (QED) is 0.632. The molecule has 0 radical (unpaired) electrons. The van der Waals surface area contributed by atoms with Crippen molar-refractivity contribution in [3.05, 3.63) is 23.3 Å². The average Bonchev–Trinajstić information content (AvgIpc) is 2.67. The van der Waals surface area contributed by atoms with Crippen LogP contribution in [0.25, 0.3) is 0 Å². The van der Waals surface area contributed by atoms with E-state index in [2.05, 4.69) is 13.0 Å². The van der Waals surface area contributed by atoms with Gasteiger partial charge in [-0.25, -0.2) is 0 Å². The van der Waals surface area contributed by atoms with Crippen LogP contribution in [0.4, 0.5) is 0 Å². The largest absolute Gasteiger partial charge is 0.493 e. The van der Waals surface area contributed by atoms with Crippen molar-refractivity contribution in [3.63, 3.8) is 0 Å². The summed E-state index contributed by atoms with van der Waals surface area (Å²) in [6.07, 6.45) is 5.20. The standard InChI is InChI=1S/C21H31NO5/c1-4-13-22(19(23)7-5-6-8-20(24)25)16-10-11-17-15(14-16)9-12-18(26-2)21(17)27-3/h9,12,16H,4-8,10-11,13-14H2,1-3H3,(H,24,25). The third-order valence-electron chi connectivity index (χ3n) is 5.19. The summed E-state index contributed by atoms with van der Waals surface area (Å²) in [5, 5.41) is 8.73. The molecular formula is C21H31NO5. The summed E-state index contributed by atoms with van der Waals surface area (Å²) >= 11 is 0. The van der Waals surface area contributed by atoms with Crippen molar-refractivity contribution in [2.45, 2.75) is 64.3 Å². The zero-order chi connectivity index (χ0) is 19.8. The van der Waals surface area contributed by atoms with E-state index >= 15 is 0 Å². The highest BCUT2D eigenvalue weighted by Gasteiger charge is 2.29. The number of amides is 1. The molecule has 0 spiro atoms. The van der Waals surface area contributed by atoms with Crippen LogP contribution in [0.15, 0.2) is 12.1 Å². The third kappa shape index (κ3) is 5.37. The molecule has 1 aromatic carbocycles. The van der Waals surface area contributed by atoms with E-state index in [9.17, 15) is 9.59 Å². The molecule has 1 aliphatic carbocycles. The summed E-state index contributed by atoms with van der Waals surface area (Å²) in [5.41, 5.74) is 2.39. The van der Waals surface area contributed by atoms with Gasteiger partial charge in [-0.3, -0.25) is 9.59 Å². The number of unbranched alkanes of at least 4 members (excludes halogenated alkanes) is 1. The number of carboxylic acids is 1. The number of aliphatic carboxylic acids is 1. The van der Waals surface area contributed by atoms with Gasteiger partial charge >= 0.3 is 5.97 Å². The van der Waals surface area contributed by atoms with Gasteiger partial charge in [-0.1, -0.05) is 13.0 Å². The Hall–Kier alpha value is -2.24. The molecule has 1 aromatic rings. The lowest BCUT2D eigenvalue weighted by atomic mass is 9.86. The Morgan fingerprint density at radius 3 is 2.56 bits per heavy atom. The predicted octanol–water partition coefficient (Wildman–Crippen LogP) is 3.44. The van der Waals surface area contributed by atoms with Crippen molar-refractivity contribution in [3.8, 4) is 11.5 Å². The highest BCUT2D eigenvalue weighted by molar-refractivity contribution is 5.76. The molecule has 6 heteroatoms. The molecule has 0 aromatic heterocycles. The maximum Gasteiger partial charge on any atom is 0.303 e. The summed E-state index contributed by atoms with van der Waals surface area (Å²) in [4.78, 5) is 25.4. The van der Waals surface area contributed by atoms with Gasteiger partial charge < -0.3 is 19.5 Å². The van der Waals surface area contributed by atoms with Crippen LogP contribution in [0.3, 0.4) is 0 Å². The van der Waals surface area contributed by atoms with Gasteiger partial charge in [0.25, 0.3) is 0 Å². The fourth-order valence-corrected chi connectivity index (χ4v) is 3.88. The van der Waals surface area contributed by atoms with Crippen molar-refractivity contribution in [1.29, 1.82) is 0 Å². The molecule has 0 bridgehead atoms. The van der Waals surface area contributed by atoms with Gasteiger partial charge in [-0.15, -0.1) is 0 Å². The first-order chi connectivity index (χ1) is 13.0. The number of hydrogen-bond donors (Lipinski definition) is 1. The number of carbonyl (C=O) groups is 2. The second kappa shape index (κ2) is 10.2. The van der Waals surface area contributed by atoms with E-state index in [4.69, 9.17) is 14.6 Å². The number of nitrogens with zero attached hydrogens (tertiary/aromatic N) is 1.